The number of hydrogen-bond acceptors (Lipinski definition) is 7. The van der Waals surface area contributed by atoms with E-state index in [0.29, 0.717) is 23.4 Å². The van der Waals surface area contributed by atoms with E-state index in [1.54, 1.807) is 12.0 Å². The number of benzene rings is 2. The van der Waals surface area contributed by atoms with Gasteiger partial charge in [-0.1, -0.05) is 64.4 Å². The fourth-order valence-electron chi connectivity index (χ4n) is 6.06. The summed E-state index contributed by atoms with van der Waals surface area (Å²) >= 11 is 0. The SMILES string of the molecule is CCC1CC1(NC(=O)C1CC(Oc2cc(-c3ccccc3)nc3cc(OC)ccc23)CN1C(=O)CC(C)(C)C)C(=O)OC. The molecule has 0 radical (unpaired) electrons. The summed E-state index contributed by atoms with van der Waals surface area (Å²) in [7, 11) is 2.94. The number of rotatable bonds is 9. The number of esters is 1. The summed E-state index contributed by atoms with van der Waals surface area (Å²) < 4.78 is 17.1. The Morgan fingerprint density at radius 3 is 2.44 bits per heavy atom. The van der Waals surface area contributed by atoms with Crippen molar-refractivity contribution in [3.05, 3.63) is 54.6 Å². The highest BCUT2D eigenvalue weighted by atomic mass is 16.5. The second kappa shape index (κ2) is 11.9. The van der Waals surface area contributed by atoms with Crippen LogP contribution in [0.1, 0.15) is 53.4 Å². The van der Waals surface area contributed by atoms with Crippen LogP contribution in [0.4, 0.5) is 0 Å². The van der Waals surface area contributed by atoms with Crippen LogP contribution in [0.3, 0.4) is 0 Å². The Labute approximate surface area is 252 Å². The number of ether oxygens (including phenoxy) is 3. The van der Waals surface area contributed by atoms with Gasteiger partial charge in [0.25, 0.3) is 0 Å². The lowest BCUT2D eigenvalue weighted by molar-refractivity contribution is -0.148. The van der Waals surface area contributed by atoms with E-state index in [4.69, 9.17) is 19.2 Å². The number of aromatic nitrogens is 1. The van der Waals surface area contributed by atoms with Gasteiger partial charge in [-0.25, -0.2) is 9.78 Å². The lowest BCUT2D eigenvalue weighted by Crippen LogP contribution is -2.53. The predicted molar refractivity (Wildman–Crippen MR) is 164 cm³/mol. The van der Waals surface area contributed by atoms with Gasteiger partial charge in [-0.3, -0.25) is 9.59 Å². The lowest BCUT2D eigenvalue weighted by atomic mass is 9.91. The van der Waals surface area contributed by atoms with Crippen LogP contribution in [-0.4, -0.2) is 66.1 Å². The van der Waals surface area contributed by atoms with E-state index in [1.807, 2.05) is 82.3 Å². The highest BCUT2D eigenvalue weighted by molar-refractivity contribution is 5.95. The molecule has 9 nitrogen and oxygen atoms in total. The van der Waals surface area contributed by atoms with E-state index >= 15 is 0 Å². The Balaban J connectivity index is 1.46. The Kier molecular flexibility index (Phi) is 8.36. The molecule has 2 amide bonds. The van der Waals surface area contributed by atoms with Gasteiger partial charge in [0.05, 0.1) is 32.0 Å². The quantitative estimate of drug-likeness (QED) is 0.345. The largest absolute Gasteiger partial charge is 0.497 e. The minimum Gasteiger partial charge on any atom is -0.497 e. The van der Waals surface area contributed by atoms with E-state index in [9.17, 15) is 14.4 Å². The maximum absolute atomic E-state index is 13.8. The molecule has 43 heavy (non-hydrogen) atoms. The predicted octanol–water partition coefficient (Wildman–Crippen LogP) is 5.15. The second-order valence-electron chi connectivity index (χ2n) is 12.8. The number of nitrogens with one attached hydrogen (secondary N) is 1. The van der Waals surface area contributed by atoms with E-state index in [-0.39, 0.29) is 42.5 Å². The molecule has 5 rings (SSSR count). The minimum atomic E-state index is -1.04. The zero-order chi connectivity index (χ0) is 30.9. The Hall–Kier alpha value is -4.14. The fraction of sp³-hybridized carbons (Fsp3) is 0.471. The number of likely N-dealkylation sites (tertiary alicyclic amines) is 1. The van der Waals surface area contributed by atoms with E-state index < -0.39 is 23.7 Å². The fourth-order valence-corrected chi connectivity index (χ4v) is 6.06. The summed E-state index contributed by atoms with van der Waals surface area (Å²) in [5.41, 5.74) is 1.08. The van der Waals surface area contributed by atoms with Crippen molar-refractivity contribution in [2.24, 2.45) is 11.3 Å². The van der Waals surface area contributed by atoms with Crippen LogP contribution >= 0.6 is 0 Å². The molecular weight excluding hydrogens is 546 g/mol. The highest BCUT2D eigenvalue weighted by Crippen LogP contribution is 2.47. The van der Waals surface area contributed by atoms with E-state index in [2.05, 4.69) is 5.32 Å². The van der Waals surface area contributed by atoms with Crippen LogP contribution < -0.4 is 14.8 Å². The van der Waals surface area contributed by atoms with Gasteiger partial charge in [0.15, 0.2) is 0 Å². The van der Waals surface area contributed by atoms with E-state index in [0.717, 1.165) is 23.1 Å². The average molecular weight is 588 g/mol. The first-order valence-electron chi connectivity index (χ1n) is 14.9. The summed E-state index contributed by atoms with van der Waals surface area (Å²) in [6, 6.07) is 16.6. The molecule has 4 unspecified atom stereocenters. The van der Waals surface area contributed by atoms with Crippen LogP contribution in [-0.2, 0) is 19.1 Å². The van der Waals surface area contributed by atoms with E-state index in [1.165, 1.54) is 7.11 Å². The monoisotopic (exact) mass is 587 g/mol. The first-order valence-corrected chi connectivity index (χ1v) is 14.9. The minimum absolute atomic E-state index is 0.00709. The molecule has 0 spiro atoms. The molecule has 2 fully saturated rings. The summed E-state index contributed by atoms with van der Waals surface area (Å²) in [5, 5.41) is 3.78. The van der Waals surface area contributed by atoms with Crippen molar-refractivity contribution in [2.75, 3.05) is 20.8 Å². The van der Waals surface area contributed by atoms with Crippen LogP contribution in [0.5, 0.6) is 11.5 Å². The number of fused-ring (bicyclic) bond motifs is 1. The first kappa shape index (κ1) is 30.3. The van der Waals surface area contributed by atoms with Gasteiger partial charge in [-0.05, 0) is 29.9 Å². The van der Waals surface area contributed by atoms with Crippen molar-refractivity contribution >= 4 is 28.7 Å². The molecule has 9 heteroatoms. The summed E-state index contributed by atoms with van der Waals surface area (Å²) in [5.74, 6) is 0.371. The molecule has 1 N–H and O–H groups in total. The highest BCUT2D eigenvalue weighted by Gasteiger charge is 2.62. The third-order valence-corrected chi connectivity index (χ3v) is 8.40. The molecule has 1 aliphatic heterocycles. The van der Waals surface area contributed by atoms with Crippen LogP contribution in [0.15, 0.2) is 54.6 Å². The van der Waals surface area contributed by atoms with Crippen molar-refractivity contribution in [1.82, 2.24) is 15.2 Å². The van der Waals surface area contributed by atoms with Crippen molar-refractivity contribution in [1.29, 1.82) is 0 Å². The van der Waals surface area contributed by atoms with Gasteiger partial charge in [0.2, 0.25) is 11.8 Å². The van der Waals surface area contributed by atoms with Gasteiger partial charge in [-0.2, -0.15) is 0 Å². The molecule has 228 valence electrons. The van der Waals surface area contributed by atoms with Crippen molar-refractivity contribution in [3.63, 3.8) is 0 Å². The topological polar surface area (TPSA) is 107 Å². The maximum atomic E-state index is 13.8. The number of pyridine rings is 1. The van der Waals surface area contributed by atoms with Crippen LogP contribution in [0.25, 0.3) is 22.2 Å². The molecule has 1 aromatic heterocycles. The second-order valence-corrected chi connectivity index (χ2v) is 12.8. The Morgan fingerprint density at radius 2 is 1.81 bits per heavy atom. The molecule has 2 heterocycles. The molecule has 0 bridgehead atoms. The summed E-state index contributed by atoms with van der Waals surface area (Å²) in [6.07, 6.45) is 1.38. The number of methoxy groups -OCH3 is 2. The maximum Gasteiger partial charge on any atom is 0.331 e. The molecule has 2 aromatic carbocycles. The zero-order valence-electron chi connectivity index (χ0n) is 25.8. The lowest BCUT2D eigenvalue weighted by Gasteiger charge is -2.28. The van der Waals surface area contributed by atoms with Gasteiger partial charge >= 0.3 is 5.97 Å². The van der Waals surface area contributed by atoms with Crippen molar-refractivity contribution < 1.29 is 28.6 Å². The third kappa shape index (κ3) is 6.31. The number of carbonyl (C=O) groups excluding carboxylic acids is 3. The molecule has 4 atom stereocenters. The van der Waals surface area contributed by atoms with Crippen LogP contribution in [0, 0.1) is 11.3 Å². The average Bonchev–Trinajstić information content (AvgIpc) is 3.54. The number of amides is 2. The molecule has 1 saturated heterocycles. The molecule has 1 saturated carbocycles. The number of hydrogen-bond donors (Lipinski definition) is 1. The normalized spacial score (nSPS) is 23.1. The molecular formula is C34H41N3O6. The summed E-state index contributed by atoms with van der Waals surface area (Å²) in [4.78, 5) is 46.5. The Morgan fingerprint density at radius 1 is 1.07 bits per heavy atom. The van der Waals surface area contributed by atoms with Crippen molar-refractivity contribution in [2.45, 2.75) is 71.1 Å². The third-order valence-electron chi connectivity index (χ3n) is 8.40. The number of carbonyl (C=O) groups is 3. The smallest absolute Gasteiger partial charge is 0.331 e. The van der Waals surface area contributed by atoms with Gasteiger partial charge < -0.3 is 24.4 Å². The summed E-state index contributed by atoms with van der Waals surface area (Å²) in [6.45, 7) is 8.22. The van der Waals surface area contributed by atoms with Gasteiger partial charge in [0.1, 0.15) is 29.2 Å². The van der Waals surface area contributed by atoms with Gasteiger partial charge in [0, 0.05) is 35.9 Å². The molecule has 2 aliphatic rings. The molecule has 3 aromatic rings. The van der Waals surface area contributed by atoms with Crippen molar-refractivity contribution in [3.8, 4) is 22.8 Å². The standard InChI is InChI=1S/C34H41N3O6/c1-7-22-18-34(22,32(40)42-6)36-31(39)28-16-24(20-37(28)30(38)19-33(2,3)4)43-29-17-26(21-11-9-8-10-12-21)35-27-15-23(41-5)13-14-25(27)29/h8-15,17,22,24,28H,7,16,18-20H2,1-6H3,(H,36,39). The Bertz CT molecular complexity index is 1520. The molecule has 1 aliphatic carbocycles. The number of nitrogens with zero attached hydrogens (tertiary/aromatic N) is 2. The zero-order valence-corrected chi connectivity index (χ0v) is 25.8. The van der Waals surface area contributed by atoms with Gasteiger partial charge in [-0.15, -0.1) is 0 Å². The van der Waals surface area contributed by atoms with Crippen LogP contribution in [0.2, 0.25) is 0 Å². The first-order chi connectivity index (χ1) is 20.5.